The van der Waals surface area contributed by atoms with Crippen molar-refractivity contribution >= 4 is 10.8 Å². The highest BCUT2D eigenvalue weighted by Crippen LogP contribution is 2.26. The summed E-state index contributed by atoms with van der Waals surface area (Å²) in [4.78, 5) is 0. The van der Waals surface area contributed by atoms with E-state index in [0.29, 0.717) is 40.3 Å². The standard InChI is InChI=1S/C30H24F5N/c1-2-3-19-13-26(31)24(27(32)14-19)11-6-18-5-10-23-22(12-18)9-8-21(30(23)35)7-4-20-15-28(33)25(17-36)29(34)16-20/h5,8-10,12-16H,2-4,6-7,11H2,1H3. The third kappa shape index (κ3) is 5.41. The van der Waals surface area contributed by atoms with E-state index < -0.39 is 34.6 Å². The lowest BCUT2D eigenvalue weighted by molar-refractivity contribution is 0.551. The Morgan fingerprint density at radius 2 is 1.25 bits per heavy atom. The number of aryl methyl sites for hydroxylation is 4. The largest absolute Gasteiger partial charge is 0.207 e. The van der Waals surface area contributed by atoms with Gasteiger partial charge in [-0.25, -0.2) is 22.0 Å². The van der Waals surface area contributed by atoms with Crippen LogP contribution in [0.2, 0.25) is 0 Å². The van der Waals surface area contributed by atoms with Crippen molar-refractivity contribution in [2.75, 3.05) is 0 Å². The summed E-state index contributed by atoms with van der Waals surface area (Å²) < 4.78 is 71.7. The summed E-state index contributed by atoms with van der Waals surface area (Å²) in [6.07, 6.45) is 2.44. The molecule has 0 unspecified atom stereocenters. The maximum Gasteiger partial charge on any atom is 0.144 e. The average molecular weight is 494 g/mol. The van der Waals surface area contributed by atoms with Gasteiger partial charge in [-0.2, -0.15) is 5.26 Å². The molecular formula is C30H24F5N. The van der Waals surface area contributed by atoms with E-state index in [1.807, 2.05) is 6.92 Å². The molecule has 4 aromatic rings. The molecule has 6 heteroatoms. The molecule has 0 radical (unpaired) electrons. The number of halogens is 5. The number of hydrogen-bond acceptors (Lipinski definition) is 1. The monoisotopic (exact) mass is 493 g/mol. The van der Waals surface area contributed by atoms with E-state index in [1.54, 1.807) is 30.3 Å². The van der Waals surface area contributed by atoms with Crippen LogP contribution in [0.4, 0.5) is 22.0 Å². The summed E-state index contributed by atoms with van der Waals surface area (Å²) in [5.74, 6) is -3.38. The van der Waals surface area contributed by atoms with Crippen LogP contribution in [0.5, 0.6) is 0 Å². The summed E-state index contributed by atoms with van der Waals surface area (Å²) >= 11 is 0. The minimum absolute atomic E-state index is 0.0483. The first-order chi connectivity index (χ1) is 17.3. The van der Waals surface area contributed by atoms with Crippen LogP contribution >= 0.6 is 0 Å². The molecule has 0 atom stereocenters. The van der Waals surface area contributed by atoms with Crippen molar-refractivity contribution in [2.24, 2.45) is 0 Å². The lowest BCUT2D eigenvalue weighted by atomic mass is 9.96. The topological polar surface area (TPSA) is 23.8 Å². The maximum absolute atomic E-state index is 15.1. The second kappa shape index (κ2) is 10.9. The van der Waals surface area contributed by atoms with Crippen LogP contribution in [0.3, 0.4) is 0 Å². The zero-order valence-electron chi connectivity index (χ0n) is 19.8. The van der Waals surface area contributed by atoms with Crippen molar-refractivity contribution in [2.45, 2.75) is 45.4 Å². The fraction of sp³-hybridized carbons (Fsp3) is 0.233. The van der Waals surface area contributed by atoms with Crippen LogP contribution in [0.1, 0.15) is 46.7 Å². The maximum atomic E-state index is 15.1. The van der Waals surface area contributed by atoms with E-state index >= 15 is 4.39 Å². The highest BCUT2D eigenvalue weighted by molar-refractivity contribution is 5.84. The van der Waals surface area contributed by atoms with E-state index in [-0.39, 0.29) is 24.8 Å². The van der Waals surface area contributed by atoms with Gasteiger partial charge >= 0.3 is 0 Å². The lowest BCUT2D eigenvalue weighted by Gasteiger charge is -2.11. The van der Waals surface area contributed by atoms with Crippen LogP contribution in [-0.2, 0) is 32.1 Å². The van der Waals surface area contributed by atoms with Gasteiger partial charge in [0.1, 0.15) is 40.7 Å². The Kier molecular flexibility index (Phi) is 7.69. The number of hydrogen-bond donors (Lipinski definition) is 0. The first-order valence-electron chi connectivity index (χ1n) is 11.9. The van der Waals surface area contributed by atoms with Gasteiger partial charge in [-0.3, -0.25) is 0 Å². The van der Waals surface area contributed by atoms with Crippen molar-refractivity contribution in [1.29, 1.82) is 5.26 Å². The number of rotatable bonds is 8. The van der Waals surface area contributed by atoms with Gasteiger partial charge in [-0.15, -0.1) is 0 Å². The first kappa shape index (κ1) is 25.4. The molecule has 0 spiro atoms. The molecule has 36 heavy (non-hydrogen) atoms. The Hall–Kier alpha value is -3.72. The molecule has 0 aliphatic rings. The molecule has 0 aliphatic heterocycles. The zero-order chi connectivity index (χ0) is 25.8. The van der Waals surface area contributed by atoms with Gasteiger partial charge in [0.15, 0.2) is 0 Å². The second-order valence-corrected chi connectivity index (χ2v) is 8.93. The molecule has 0 N–H and O–H groups in total. The van der Waals surface area contributed by atoms with Gasteiger partial charge < -0.3 is 0 Å². The molecule has 4 aromatic carbocycles. The Morgan fingerprint density at radius 1 is 0.639 bits per heavy atom. The molecule has 1 nitrogen and oxygen atoms in total. The summed E-state index contributed by atoms with van der Waals surface area (Å²) in [7, 11) is 0. The van der Waals surface area contributed by atoms with Crippen molar-refractivity contribution in [1.82, 2.24) is 0 Å². The van der Waals surface area contributed by atoms with E-state index in [1.165, 1.54) is 18.2 Å². The van der Waals surface area contributed by atoms with Gasteiger partial charge in [0.25, 0.3) is 0 Å². The van der Waals surface area contributed by atoms with Crippen molar-refractivity contribution in [3.8, 4) is 6.07 Å². The molecule has 0 amide bonds. The zero-order valence-corrected chi connectivity index (χ0v) is 19.8. The number of fused-ring (bicyclic) bond motifs is 1. The van der Waals surface area contributed by atoms with Gasteiger partial charge in [0.05, 0.1) is 0 Å². The Balaban J connectivity index is 1.48. The third-order valence-electron chi connectivity index (χ3n) is 6.40. The SMILES string of the molecule is CCCc1cc(F)c(CCc2ccc3c(F)c(CCc4cc(F)c(C#N)c(F)c4)ccc3c2)c(F)c1. The van der Waals surface area contributed by atoms with Gasteiger partial charge in [0, 0.05) is 10.9 Å². The molecule has 0 saturated carbocycles. The predicted molar refractivity (Wildman–Crippen MR) is 130 cm³/mol. The summed E-state index contributed by atoms with van der Waals surface area (Å²) in [5.41, 5.74) is 1.62. The Labute approximate surface area is 206 Å². The molecule has 0 aromatic heterocycles. The molecule has 0 bridgehead atoms. The molecular weight excluding hydrogens is 469 g/mol. The third-order valence-corrected chi connectivity index (χ3v) is 6.40. The fourth-order valence-corrected chi connectivity index (χ4v) is 4.49. The van der Waals surface area contributed by atoms with Crippen LogP contribution in [0.25, 0.3) is 10.8 Å². The smallest absolute Gasteiger partial charge is 0.144 e. The molecule has 0 aliphatic carbocycles. The van der Waals surface area contributed by atoms with E-state index in [2.05, 4.69) is 0 Å². The Bertz CT molecular complexity index is 1420. The van der Waals surface area contributed by atoms with Crippen LogP contribution < -0.4 is 0 Å². The number of nitriles is 1. The summed E-state index contributed by atoms with van der Waals surface area (Å²) in [6, 6.07) is 15.0. The molecule has 0 saturated heterocycles. The van der Waals surface area contributed by atoms with Crippen LogP contribution in [0, 0.1) is 40.4 Å². The van der Waals surface area contributed by atoms with Gasteiger partial charge in [-0.1, -0.05) is 43.7 Å². The van der Waals surface area contributed by atoms with E-state index in [0.717, 1.165) is 24.1 Å². The first-order valence-corrected chi connectivity index (χ1v) is 11.9. The average Bonchev–Trinajstić information content (AvgIpc) is 2.83. The molecule has 0 heterocycles. The number of benzene rings is 4. The predicted octanol–water partition coefficient (Wildman–Crippen LogP) is 7.93. The lowest BCUT2D eigenvalue weighted by Crippen LogP contribution is -2.01. The van der Waals surface area contributed by atoms with Crippen molar-refractivity contribution < 1.29 is 22.0 Å². The highest BCUT2D eigenvalue weighted by Gasteiger charge is 2.14. The van der Waals surface area contributed by atoms with Crippen LogP contribution in [0.15, 0.2) is 54.6 Å². The molecule has 4 rings (SSSR count). The minimum Gasteiger partial charge on any atom is -0.207 e. The number of nitrogens with zero attached hydrogens (tertiary/aromatic N) is 1. The van der Waals surface area contributed by atoms with Crippen LogP contribution in [-0.4, -0.2) is 0 Å². The van der Waals surface area contributed by atoms with E-state index in [9.17, 15) is 17.6 Å². The highest BCUT2D eigenvalue weighted by atomic mass is 19.1. The summed E-state index contributed by atoms with van der Waals surface area (Å²) in [6.45, 7) is 1.95. The quantitative estimate of drug-likeness (QED) is 0.229. The molecule has 184 valence electrons. The molecule has 0 fully saturated rings. The van der Waals surface area contributed by atoms with Crippen molar-refractivity contribution in [3.63, 3.8) is 0 Å². The normalized spacial score (nSPS) is 11.1. The minimum atomic E-state index is -0.935. The van der Waals surface area contributed by atoms with E-state index in [4.69, 9.17) is 5.26 Å². The van der Waals surface area contributed by atoms with Gasteiger partial charge in [0.2, 0.25) is 0 Å². The second-order valence-electron chi connectivity index (χ2n) is 8.93. The van der Waals surface area contributed by atoms with Crippen molar-refractivity contribution in [3.05, 3.63) is 117 Å². The Morgan fingerprint density at radius 3 is 1.89 bits per heavy atom. The summed E-state index contributed by atoms with van der Waals surface area (Å²) in [5, 5.41) is 9.84. The van der Waals surface area contributed by atoms with Gasteiger partial charge in [-0.05, 0) is 84.0 Å². The fourth-order valence-electron chi connectivity index (χ4n) is 4.49.